The van der Waals surface area contributed by atoms with Crippen molar-refractivity contribution in [1.82, 2.24) is 14.6 Å². The molecule has 0 unspecified atom stereocenters. The van der Waals surface area contributed by atoms with E-state index in [1.807, 2.05) is 24.3 Å². The largest absolute Gasteiger partial charge is 0.356 e. The Labute approximate surface area is 213 Å². The summed E-state index contributed by atoms with van der Waals surface area (Å²) in [6, 6.07) is 17.3. The van der Waals surface area contributed by atoms with Crippen LogP contribution in [-0.4, -0.2) is 49.8 Å². The van der Waals surface area contributed by atoms with Crippen LogP contribution in [0.3, 0.4) is 0 Å². The third-order valence-corrected chi connectivity index (χ3v) is 9.20. The molecule has 1 atom stereocenters. The Morgan fingerprint density at radius 3 is 2.53 bits per heavy atom. The molecular formula is C28H34N4O3S. The van der Waals surface area contributed by atoms with Crippen LogP contribution in [0.5, 0.6) is 0 Å². The lowest BCUT2D eigenvalue weighted by molar-refractivity contribution is -0.125. The number of aromatic nitrogens is 1. The van der Waals surface area contributed by atoms with Gasteiger partial charge in [-0.1, -0.05) is 36.2 Å². The molecule has 1 amide bonds. The molecule has 3 aromatic rings. The van der Waals surface area contributed by atoms with E-state index in [0.717, 1.165) is 60.9 Å². The molecule has 0 radical (unpaired) electrons. The van der Waals surface area contributed by atoms with Crippen LogP contribution < -0.4 is 10.2 Å². The summed E-state index contributed by atoms with van der Waals surface area (Å²) in [6.07, 6.45) is 4.70. The van der Waals surface area contributed by atoms with Gasteiger partial charge in [-0.05, 0) is 68.5 Å². The van der Waals surface area contributed by atoms with E-state index in [-0.39, 0.29) is 11.8 Å². The lowest BCUT2D eigenvalue weighted by Gasteiger charge is -2.33. The molecule has 0 bridgehead atoms. The molecule has 5 rings (SSSR count). The van der Waals surface area contributed by atoms with E-state index >= 15 is 0 Å². The second-order valence-corrected chi connectivity index (χ2v) is 11.9. The number of hydrogen-bond acceptors (Lipinski definition) is 5. The van der Waals surface area contributed by atoms with Crippen LogP contribution in [0, 0.1) is 12.8 Å². The summed E-state index contributed by atoms with van der Waals surface area (Å²) >= 11 is 0. The van der Waals surface area contributed by atoms with Crippen molar-refractivity contribution >= 4 is 32.7 Å². The molecule has 0 saturated carbocycles. The third-order valence-electron chi connectivity index (χ3n) is 7.30. The molecule has 2 saturated heterocycles. The van der Waals surface area contributed by atoms with E-state index in [1.54, 1.807) is 22.5 Å². The highest BCUT2D eigenvalue weighted by atomic mass is 32.2. The van der Waals surface area contributed by atoms with Crippen molar-refractivity contribution < 1.29 is 13.2 Å². The van der Waals surface area contributed by atoms with Crippen LogP contribution in [0.4, 0.5) is 5.82 Å². The number of nitrogens with one attached hydrogen (secondary N) is 1. The number of nitrogens with zero attached hydrogens (tertiary/aromatic N) is 3. The van der Waals surface area contributed by atoms with Gasteiger partial charge >= 0.3 is 0 Å². The van der Waals surface area contributed by atoms with Gasteiger partial charge in [0.2, 0.25) is 15.9 Å². The Kier molecular flexibility index (Phi) is 7.25. The van der Waals surface area contributed by atoms with Crippen molar-refractivity contribution in [3.8, 4) is 0 Å². The first-order valence-corrected chi connectivity index (χ1v) is 14.3. The van der Waals surface area contributed by atoms with E-state index < -0.39 is 10.0 Å². The van der Waals surface area contributed by atoms with E-state index in [0.29, 0.717) is 31.1 Å². The van der Waals surface area contributed by atoms with E-state index in [4.69, 9.17) is 4.98 Å². The highest BCUT2D eigenvalue weighted by molar-refractivity contribution is 7.89. The second kappa shape index (κ2) is 10.6. The van der Waals surface area contributed by atoms with Gasteiger partial charge in [-0.3, -0.25) is 4.79 Å². The maximum atomic E-state index is 13.1. The highest BCUT2D eigenvalue weighted by Crippen LogP contribution is 2.27. The molecule has 36 heavy (non-hydrogen) atoms. The second-order valence-electron chi connectivity index (χ2n) is 9.98. The lowest BCUT2D eigenvalue weighted by Crippen LogP contribution is -2.43. The number of hydrogen-bond donors (Lipinski definition) is 1. The van der Waals surface area contributed by atoms with Gasteiger partial charge in [0.15, 0.2) is 0 Å². The van der Waals surface area contributed by atoms with Gasteiger partial charge in [-0.25, -0.2) is 13.4 Å². The molecule has 3 heterocycles. The van der Waals surface area contributed by atoms with Crippen LogP contribution in [0.15, 0.2) is 59.5 Å². The summed E-state index contributed by atoms with van der Waals surface area (Å²) in [5, 5.41) is 3.90. The van der Waals surface area contributed by atoms with Gasteiger partial charge in [0, 0.05) is 38.1 Å². The fourth-order valence-electron chi connectivity index (χ4n) is 5.12. The zero-order valence-corrected chi connectivity index (χ0v) is 21.6. The number of carbonyl (C=O) groups is 1. The quantitative estimate of drug-likeness (QED) is 0.541. The van der Waals surface area contributed by atoms with Crippen LogP contribution in [0.25, 0.3) is 10.9 Å². The Balaban J connectivity index is 1.26. The van der Waals surface area contributed by atoms with Crippen molar-refractivity contribution in [3.05, 3.63) is 65.7 Å². The molecule has 7 nitrogen and oxygen atoms in total. The Morgan fingerprint density at radius 2 is 1.75 bits per heavy atom. The maximum absolute atomic E-state index is 13.1. The number of fused-ring (bicyclic) bond motifs is 1. The molecule has 0 spiro atoms. The predicted octanol–water partition coefficient (Wildman–Crippen LogP) is 4.25. The molecular weight excluding hydrogens is 472 g/mol. The molecule has 1 aromatic heterocycles. The topological polar surface area (TPSA) is 82.6 Å². The van der Waals surface area contributed by atoms with Crippen LogP contribution >= 0.6 is 0 Å². The normalized spacial score (nSPS) is 19.4. The summed E-state index contributed by atoms with van der Waals surface area (Å²) in [7, 11) is -3.48. The molecule has 2 aliphatic heterocycles. The minimum absolute atomic E-state index is 0.0774. The van der Waals surface area contributed by atoms with Crippen molar-refractivity contribution in [3.63, 3.8) is 0 Å². The number of amides is 1. The number of carbonyl (C=O) groups excluding carboxylic acids is 1. The van der Waals surface area contributed by atoms with Crippen molar-refractivity contribution in [1.29, 1.82) is 0 Å². The van der Waals surface area contributed by atoms with E-state index in [9.17, 15) is 13.2 Å². The van der Waals surface area contributed by atoms with E-state index in [1.165, 1.54) is 5.56 Å². The average Bonchev–Trinajstić information content (AvgIpc) is 2.92. The lowest BCUT2D eigenvalue weighted by atomic mass is 9.97. The van der Waals surface area contributed by atoms with Crippen LogP contribution in [0.1, 0.15) is 43.2 Å². The maximum Gasteiger partial charge on any atom is 0.243 e. The van der Waals surface area contributed by atoms with Gasteiger partial charge in [-0.2, -0.15) is 4.31 Å². The highest BCUT2D eigenvalue weighted by Gasteiger charge is 2.28. The SMILES string of the molecule is Cc1ccc(CNC(=O)[C@@H]2CCCN(c3ccc4cc(S(=O)(=O)N5CCCCC5)ccc4n3)C2)cc1. The number of piperidine rings is 2. The van der Waals surface area contributed by atoms with Gasteiger partial charge in [0.1, 0.15) is 5.82 Å². The monoisotopic (exact) mass is 506 g/mol. The summed E-state index contributed by atoms with van der Waals surface area (Å²) in [6.45, 7) is 5.24. The van der Waals surface area contributed by atoms with E-state index in [2.05, 4.69) is 29.3 Å². The van der Waals surface area contributed by atoms with Crippen molar-refractivity contribution in [2.45, 2.75) is 50.5 Å². The average molecular weight is 507 g/mol. The first-order chi connectivity index (χ1) is 17.4. The molecule has 2 aromatic carbocycles. The number of rotatable bonds is 6. The smallest absolute Gasteiger partial charge is 0.243 e. The number of sulfonamides is 1. The summed E-state index contributed by atoms with van der Waals surface area (Å²) in [4.78, 5) is 20.2. The predicted molar refractivity (Wildman–Crippen MR) is 142 cm³/mol. The zero-order chi connectivity index (χ0) is 25.1. The Bertz CT molecular complexity index is 1330. The first-order valence-electron chi connectivity index (χ1n) is 12.9. The fraction of sp³-hybridized carbons (Fsp3) is 0.429. The van der Waals surface area contributed by atoms with Gasteiger partial charge in [0.05, 0.1) is 16.3 Å². The Morgan fingerprint density at radius 1 is 0.972 bits per heavy atom. The first kappa shape index (κ1) is 24.7. The number of pyridine rings is 1. The number of benzene rings is 2. The minimum Gasteiger partial charge on any atom is -0.356 e. The summed E-state index contributed by atoms with van der Waals surface area (Å²) < 4.78 is 27.7. The minimum atomic E-state index is -3.48. The fourth-order valence-corrected chi connectivity index (χ4v) is 6.68. The van der Waals surface area contributed by atoms with Gasteiger partial charge < -0.3 is 10.2 Å². The number of aryl methyl sites for hydroxylation is 1. The van der Waals surface area contributed by atoms with Crippen LogP contribution in [-0.2, 0) is 21.4 Å². The molecule has 8 heteroatoms. The van der Waals surface area contributed by atoms with Crippen LogP contribution in [0.2, 0.25) is 0 Å². The molecule has 1 N–H and O–H groups in total. The molecule has 190 valence electrons. The number of anilines is 1. The molecule has 2 aliphatic rings. The summed E-state index contributed by atoms with van der Waals surface area (Å²) in [5.74, 6) is 0.817. The molecule has 2 fully saturated rings. The Hall–Kier alpha value is -2.97. The van der Waals surface area contributed by atoms with Gasteiger partial charge in [0.25, 0.3) is 0 Å². The molecule has 0 aliphatic carbocycles. The zero-order valence-electron chi connectivity index (χ0n) is 20.8. The van der Waals surface area contributed by atoms with Crippen molar-refractivity contribution in [2.75, 3.05) is 31.1 Å². The standard InChI is InChI=1S/C28H34N4O3S/c1-21-7-9-22(10-8-21)19-29-28(33)24-6-5-15-31(20-24)27-14-11-23-18-25(12-13-26(23)30-27)36(34,35)32-16-3-2-4-17-32/h7-14,18,24H,2-6,15-17,19-20H2,1H3,(H,29,33)/t24-/m1/s1. The van der Waals surface area contributed by atoms with Gasteiger partial charge in [-0.15, -0.1) is 0 Å². The third kappa shape index (κ3) is 5.39. The van der Waals surface area contributed by atoms with Crippen molar-refractivity contribution in [2.24, 2.45) is 5.92 Å². The summed E-state index contributed by atoms with van der Waals surface area (Å²) in [5.41, 5.74) is 3.06.